The molecule has 0 saturated carbocycles. The van der Waals surface area contributed by atoms with Crippen LogP contribution in [0.5, 0.6) is 0 Å². The van der Waals surface area contributed by atoms with Crippen LogP contribution < -0.4 is 10.6 Å². The number of piperidine rings is 1. The summed E-state index contributed by atoms with van der Waals surface area (Å²) in [6.07, 6.45) is 3.87. The number of hydrogen-bond acceptors (Lipinski definition) is 2. The fourth-order valence-corrected chi connectivity index (χ4v) is 3.02. The summed E-state index contributed by atoms with van der Waals surface area (Å²) >= 11 is 0. The van der Waals surface area contributed by atoms with Gasteiger partial charge in [-0.25, -0.2) is 0 Å². The molecule has 0 aromatic heterocycles. The standard InChI is InChI=1S/C19H32N4/c1-16-10-14-23(15-11-16)13-7-12-21-19(20-3)22-17(2)18-8-5-4-6-9-18/h4-6,8-9,16-17H,7,10-15H2,1-3H3,(H2,20,21,22). The van der Waals surface area contributed by atoms with Crippen molar-refractivity contribution in [3.63, 3.8) is 0 Å². The number of rotatable bonds is 6. The van der Waals surface area contributed by atoms with E-state index in [2.05, 4.69) is 58.6 Å². The third-order valence-electron chi connectivity index (χ3n) is 4.70. The third kappa shape index (κ3) is 6.22. The monoisotopic (exact) mass is 316 g/mol. The zero-order valence-electron chi connectivity index (χ0n) is 14.9. The molecule has 1 atom stereocenters. The second kappa shape index (κ2) is 9.56. The average Bonchev–Trinajstić information content (AvgIpc) is 2.59. The van der Waals surface area contributed by atoms with Crippen LogP contribution in [0.2, 0.25) is 0 Å². The summed E-state index contributed by atoms with van der Waals surface area (Å²) in [5.74, 6) is 1.79. The number of guanidine groups is 1. The molecule has 0 amide bonds. The Balaban J connectivity index is 1.65. The first-order chi connectivity index (χ1) is 11.2. The van der Waals surface area contributed by atoms with Crippen molar-refractivity contribution in [3.8, 4) is 0 Å². The van der Waals surface area contributed by atoms with Crippen LogP contribution >= 0.6 is 0 Å². The van der Waals surface area contributed by atoms with Crippen LogP contribution in [0.3, 0.4) is 0 Å². The van der Waals surface area contributed by atoms with Gasteiger partial charge in [0.25, 0.3) is 0 Å². The zero-order valence-corrected chi connectivity index (χ0v) is 14.9. The largest absolute Gasteiger partial charge is 0.356 e. The average molecular weight is 316 g/mol. The number of nitrogens with one attached hydrogen (secondary N) is 2. The van der Waals surface area contributed by atoms with E-state index in [0.29, 0.717) is 0 Å². The number of likely N-dealkylation sites (tertiary alicyclic amines) is 1. The molecule has 0 spiro atoms. The maximum Gasteiger partial charge on any atom is 0.191 e. The van der Waals surface area contributed by atoms with Gasteiger partial charge in [0.15, 0.2) is 5.96 Å². The van der Waals surface area contributed by atoms with E-state index in [9.17, 15) is 0 Å². The van der Waals surface area contributed by atoms with Crippen molar-refractivity contribution >= 4 is 5.96 Å². The third-order valence-corrected chi connectivity index (χ3v) is 4.70. The molecule has 4 heteroatoms. The van der Waals surface area contributed by atoms with Crippen molar-refractivity contribution in [2.24, 2.45) is 10.9 Å². The van der Waals surface area contributed by atoms with Gasteiger partial charge in [0, 0.05) is 13.6 Å². The van der Waals surface area contributed by atoms with E-state index >= 15 is 0 Å². The first-order valence-electron chi connectivity index (χ1n) is 8.93. The molecule has 0 aliphatic carbocycles. The van der Waals surface area contributed by atoms with Gasteiger partial charge in [0.2, 0.25) is 0 Å². The van der Waals surface area contributed by atoms with Crippen LogP contribution in [-0.4, -0.2) is 44.1 Å². The molecule has 128 valence electrons. The molecule has 1 unspecified atom stereocenters. The molecule has 1 aliphatic heterocycles. The first-order valence-corrected chi connectivity index (χ1v) is 8.93. The van der Waals surface area contributed by atoms with Gasteiger partial charge in [-0.2, -0.15) is 0 Å². The fourth-order valence-electron chi connectivity index (χ4n) is 3.02. The Bertz CT molecular complexity index is 464. The Kier molecular flexibility index (Phi) is 7.40. The summed E-state index contributed by atoms with van der Waals surface area (Å²) in [5.41, 5.74) is 1.28. The second-order valence-electron chi connectivity index (χ2n) is 6.65. The molecule has 1 aromatic rings. The highest BCUT2D eigenvalue weighted by molar-refractivity contribution is 5.80. The zero-order chi connectivity index (χ0) is 16.5. The number of benzene rings is 1. The maximum absolute atomic E-state index is 4.33. The number of hydrogen-bond donors (Lipinski definition) is 2. The summed E-state index contributed by atoms with van der Waals surface area (Å²) in [4.78, 5) is 6.92. The van der Waals surface area contributed by atoms with Crippen LogP contribution in [0.4, 0.5) is 0 Å². The van der Waals surface area contributed by atoms with Gasteiger partial charge in [-0.15, -0.1) is 0 Å². The highest BCUT2D eigenvalue weighted by Crippen LogP contribution is 2.15. The summed E-state index contributed by atoms with van der Waals surface area (Å²) in [7, 11) is 1.83. The molecule has 23 heavy (non-hydrogen) atoms. The predicted octanol–water partition coefficient (Wildman–Crippen LogP) is 3.03. The first kappa shape index (κ1) is 17.8. The minimum Gasteiger partial charge on any atom is -0.356 e. The van der Waals surface area contributed by atoms with Crippen LogP contribution in [0.25, 0.3) is 0 Å². The van der Waals surface area contributed by atoms with Gasteiger partial charge < -0.3 is 15.5 Å². The summed E-state index contributed by atoms with van der Waals surface area (Å²) < 4.78 is 0. The Morgan fingerprint density at radius 2 is 1.96 bits per heavy atom. The smallest absolute Gasteiger partial charge is 0.191 e. The molecule has 4 nitrogen and oxygen atoms in total. The van der Waals surface area contributed by atoms with Crippen molar-refractivity contribution in [3.05, 3.63) is 35.9 Å². The van der Waals surface area contributed by atoms with E-state index in [4.69, 9.17) is 0 Å². The lowest BCUT2D eigenvalue weighted by molar-refractivity contribution is 0.191. The van der Waals surface area contributed by atoms with E-state index in [-0.39, 0.29) is 6.04 Å². The summed E-state index contributed by atoms with van der Waals surface area (Å²) in [6, 6.07) is 10.7. The van der Waals surface area contributed by atoms with E-state index in [1.807, 2.05) is 13.1 Å². The lowest BCUT2D eigenvalue weighted by atomic mass is 9.99. The van der Waals surface area contributed by atoms with Crippen molar-refractivity contribution in [1.82, 2.24) is 15.5 Å². The molecular formula is C19H32N4. The molecule has 2 N–H and O–H groups in total. The second-order valence-corrected chi connectivity index (χ2v) is 6.65. The molecular weight excluding hydrogens is 284 g/mol. The lowest BCUT2D eigenvalue weighted by Gasteiger charge is -2.30. The topological polar surface area (TPSA) is 39.7 Å². The molecule has 1 fully saturated rings. The van der Waals surface area contributed by atoms with E-state index in [0.717, 1.165) is 24.8 Å². The summed E-state index contributed by atoms with van der Waals surface area (Å²) in [5, 5.41) is 6.88. The van der Waals surface area contributed by atoms with Gasteiger partial charge >= 0.3 is 0 Å². The van der Waals surface area contributed by atoms with Crippen LogP contribution in [-0.2, 0) is 0 Å². The number of nitrogens with zero attached hydrogens (tertiary/aromatic N) is 2. The van der Waals surface area contributed by atoms with Crippen LogP contribution in [0.1, 0.15) is 44.7 Å². The van der Waals surface area contributed by atoms with Crippen LogP contribution in [0.15, 0.2) is 35.3 Å². The van der Waals surface area contributed by atoms with Gasteiger partial charge in [-0.05, 0) is 57.3 Å². The quantitative estimate of drug-likeness (QED) is 0.481. The van der Waals surface area contributed by atoms with E-state index < -0.39 is 0 Å². The Hall–Kier alpha value is -1.55. The minimum atomic E-state index is 0.256. The molecule has 1 saturated heterocycles. The highest BCUT2D eigenvalue weighted by Gasteiger charge is 2.14. The van der Waals surface area contributed by atoms with Crippen LogP contribution in [0, 0.1) is 5.92 Å². The SMILES string of the molecule is CN=C(NCCCN1CCC(C)CC1)NC(C)c1ccccc1. The Morgan fingerprint density at radius 1 is 1.26 bits per heavy atom. The molecule has 1 aliphatic rings. The van der Waals surface area contributed by atoms with Crippen molar-refractivity contribution in [2.45, 2.75) is 39.2 Å². The molecule has 1 aromatic carbocycles. The van der Waals surface area contributed by atoms with Crippen molar-refractivity contribution in [1.29, 1.82) is 0 Å². The summed E-state index contributed by atoms with van der Waals surface area (Å²) in [6.45, 7) is 9.20. The van der Waals surface area contributed by atoms with Gasteiger partial charge in [-0.1, -0.05) is 37.3 Å². The normalized spacial score (nSPS) is 18.7. The molecule has 0 bridgehead atoms. The number of aliphatic imine (C=N–C) groups is 1. The fraction of sp³-hybridized carbons (Fsp3) is 0.632. The Morgan fingerprint density at radius 3 is 2.61 bits per heavy atom. The maximum atomic E-state index is 4.33. The van der Waals surface area contributed by atoms with E-state index in [1.54, 1.807) is 0 Å². The predicted molar refractivity (Wildman–Crippen MR) is 98.8 cm³/mol. The van der Waals surface area contributed by atoms with Gasteiger partial charge in [0.1, 0.15) is 0 Å². The van der Waals surface area contributed by atoms with Gasteiger partial charge in [-0.3, -0.25) is 4.99 Å². The molecule has 0 radical (unpaired) electrons. The Labute approximate surface area is 141 Å². The van der Waals surface area contributed by atoms with Crippen molar-refractivity contribution < 1.29 is 0 Å². The molecule has 2 rings (SSSR count). The van der Waals surface area contributed by atoms with Gasteiger partial charge in [0.05, 0.1) is 6.04 Å². The van der Waals surface area contributed by atoms with Crippen molar-refractivity contribution in [2.75, 3.05) is 33.2 Å². The molecule has 1 heterocycles. The van der Waals surface area contributed by atoms with E-state index in [1.165, 1.54) is 38.0 Å². The minimum absolute atomic E-state index is 0.256. The lowest BCUT2D eigenvalue weighted by Crippen LogP contribution is -2.40. The highest BCUT2D eigenvalue weighted by atomic mass is 15.2.